The number of rotatable bonds is 5. The standard InChI is InChI=1S/C18H25NO4/c1-13(2)15-5-4-6-16(11-15)23-12-17(20)19-9-7-14(8-10-19)18(21)22-3/h4-6,11,13-14H,7-10,12H2,1-3H3. The first-order valence-electron chi connectivity index (χ1n) is 8.09. The smallest absolute Gasteiger partial charge is 0.308 e. The third-order valence-corrected chi connectivity index (χ3v) is 4.27. The van der Waals surface area contributed by atoms with Crippen molar-refractivity contribution in [2.45, 2.75) is 32.6 Å². The van der Waals surface area contributed by atoms with Crippen LogP contribution in [0.25, 0.3) is 0 Å². The van der Waals surface area contributed by atoms with Gasteiger partial charge >= 0.3 is 5.97 Å². The minimum absolute atomic E-state index is 0.0322. The number of hydrogen-bond acceptors (Lipinski definition) is 4. The summed E-state index contributed by atoms with van der Waals surface area (Å²) in [6.07, 6.45) is 1.31. The third-order valence-electron chi connectivity index (χ3n) is 4.27. The van der Waals surface area contributed by atoms with Crippen LogP contribution in [0.1, 0.15) is 38.2 Å². The minimum atomic E-state index is -0.182. The molecule has 0 aliphatic carbocycles. The van der Waals surface area contributed by atoms with Crippen molar-refractivity contribution < 1.29 is 19.1 Å². The van der Waals surface area contributed by atoms with Gasteiger partial charge in [0.05, 0.1) is 13.0 Å². The summed E-state index contributed by atoms with van der Waals surface area (Å²) in [4.78, 5) is 25.5. The topological polar surface area (TPSA) is 55.8 Å². The Morgan fingerprint density at radius 1 is 1.26 bits per heavy atom. The van der Waals surface area contributed by atoms with Gasteiger partial charge < -0.3 is 14.4 Å². The van der Waals surface area contributed by atoms with Gasteiger partial charge in [0.2, 0.25) is 0 Å². The summed E-state index contributed by atoms with van der Waals surface area (Å²) >= 11 is 0. The molecule has 5 heteroatoms. The highest BCUT2D eigenvalue weighted by Gasteiger charge is 2.27. The van der Waals surface area contributed by atoms with Gasteiger partial charge in [-0.3, -0.25) is 9.59 Å². The Kier molecular flexibility index (Phi) is 6.02. The average Bonchev–Trinajstić information content (AvgIpc) is 2.59. The summed E-state index contributed by atoms with van der Waals surface area (Å²) in [7, 11) is 1.40. The maximum absolute atomic E-state index is 12.2. The highest BCUT2D eigenvalue weighted by Crippen LogP contribution is 2.21. The number of likely N-dealkylation sites (tertiary alicyclic amines) is 1. The van der Waals surface area contributed by atoms with Gasteiger partial charge in [-0.05, 0) is 36.5 Å². The summed E-state index contributed by atoms with van der Waals surface area (Å²) in [5, 5.41) is 0. The van der Waals surface area contributed by atoms with Crippen LogP contribution in [0.2, 0.25) is 0 Å². The van der Waals surface area contributed by atoms with E-state index in [1.54, 1.807) is 4.90 Å². The summed E-state index contributed by atoms with van der Waals surface area (Å²) < 4.78 is 10.4. The quantitative estimate of drug-likeness (QED) is 0.783. The molecule has 0 atom stereocenters. The summed E-state index contributed by atoms with van der Waals surface area (Å²) in [6, 6.07) is 7.83. The second kappa shape index (κ2) is 7.99. The van der Waals surface area contributed by atoms with E-state index in [-0.39, 0.29) is 24.4 Å². The van der Waals surface area contributed by atoms with Gasteiger partial charge in [-0.1, -0.05) is 26.0 Å². The van der Waals surface area contributed by atoms with Crippen LogP contribution in [0.15, 0.2) is 24.3 Å². The highest BCUT2D eigenvalue weighted by molar-refractivity contribution is 5.78. The Morgan fingerprint density at radius 2 is 1.96 bits per heavy atom. The fourth-order valence-electron chi connectivity index (χ4n) is 2.73. The van der Waals surface area contributed by atoms with E-state index in [4.69, 9.17) is 9.47 Å². The molecule has 1 aliphatic rings. The Hall–Kier alpha value is -2.04. The lowest BCUT2D eigenvalue weighted by atomic mass is 9.97. The highest BCUT2D eigenvalue weighted by atomic mass is 16.5. The second-order valence-corrected chi connectivity index (χ2v) is 6.19. The van der Waals surface area contributed by atoms with Crippen LogP contribution in [-0.2, 0) is 14.3 Å². The van der Waals surface area contributed by atoms with Crippen LogP contribution >= 0.6 is 0 Å². The summed E-state index contributed by atoms with van der Waals surface area (Å²) in [5.41, 5.74) is 1.19. The van der Waals surface area contributed by atoms with Gasteiger partial charge in [-0.2, -0.15) is 0 Å². The Bertz CT molecular complexity index is 548. The molecule has 0 aromatic heterocycles. The van der Waals surface area contributed by atoms with Crippen LogP contribution in [0.3, 0.4) is 0 Å². The lowest BCUT2D eigenvalue weighted by Gasteiger charge is -2.30. The number of nitrogens with zero attached hydrogens (tertiary/aromatic N) is 1. The van der Waals surface area contributed by atoms with E-state index in [1.807, 2.05) is 18.2 Å². The molecule has 1 fully saturated rings. The number of piperidine rings is 1. The van der Waals surface area contributed by atoms with E-state index in [9.17, 15) is 9.59 Å². The first-order valence-corrected chi connectivity index (χ1v) is 8.09. The predicted octanol–water partition coefficient (Wildman–Crippen LogP) is 2.60. The molecule has 23 heavy (non-hydrogen) atoms. The van der Waals surface area contributed by atoms with Crippen molar-refractivity contribution in [1.29, 1.82) is 0 Å². The number of benzene rings is 1. The number of carbonyl (C=O) groups excluding carboxylic acids is 2. The maximum Gasteiger partial charge on any atom is 0.308 e. The average molecular weight is 319 g/mol. The van der Waals surface area contributed by atoms with Gasteiger partial charge in [0.15, 0.2) is 6.61 Å². The van der Waals surface area contributed by atoms with E-state index in [2.05, 4.69) is 19.9 Å². The molecule has 5 nitrogen and oxygen atoms in total. The summed E-state index contributed by atoms with van der Waals surface area (Å²) in [5.74, 6) is 0.829. The molecule has 0 radical (unpaired) electrons. The number of methoxy groups -OCH3 is 1. The Morgan fingerprint density at radius 3 is 2.57 bits per heavy atom. The SMILES string of the molecule is COC(=O)C1CCN(C(=O)COc2cccc(C(C)C)c2)CC1. The van der Waals surface area contributed by atoms with Crippen molar-refractivity contribution >= 4 is 11.9 Å². The van der Waals surface area contributed by atoms with Gasteiger partial charge in [0, 0.05) is 13.1 Å². The molecule has 126 valence electrons. The number of esters is 1. The van der Waals surface area contributed by atoms with Gasteiger partial charge in [0.1, 0.15) is 5.75 Å². The molecular formula is C18H25NO4. The van der Waals surface area contributed by atoms with Crippen molar-refractivity contribution in [3.05, 3.63) is 29.8 Å². The molecule has 2 rings (SSSR count). The molecular weight excluding hydrogens is 294 g/mol. The monoisotopic (exact) mass is 319 g/mol. The van der Waals surface area contributed by atoms with E-state index in [1.165, 1.54) is 12.7 Å². The van der Waals surface area contributed by atoms with E-state index in [0.717, 1.165) is 0 Å². The van der Waals surface area contributed by atoms with Gasteiger partial charge in [-0.25, -0.2) is 0 Å². The second-order valence-electron chi connectivity index (χ2n) is 6.19. The molecule has 1 saturated heterocycles. The van der Waals surface area contributed by atoms with Crippen molar-refractivity contribution in [2.75, 3.05) is 26.8 Å². The van der Waals surface area contributed by atoms with Crippen LogP contribution < -0.4 is 4.74 Å². The normalized spacial score (nSPS) is 15.6. The molecule has 1 aromatic rings. The third kappa shape index (κ3) is 4.71. The molecule has 1 heterocycles. The van der Waals surface area contributed by atoms with Crippen molar-refractivity contribution in [3.63, 3.8) is 0 Å². The molecule has 0 unspecified atom stereocenters. The number of carbonyl (C=O) groups is 2. The summed E-state index contributed by atoms with van der Waals surface area (Å²) in [6.45, 7) is 5.43. The predicted molar refractivity (Wildman–Crippen MR) is 87.3 cm³/mol. The van der Waals surface area contributed by atoms with Gasteiger partial charge in [-0.15, -0.1) is 0 Å². The zero-order chi connectivity index (χ0) is 16.8. The lowest BCUT2D eigenvalue weighted by molar-refractivity contribution is -0.149. The fourth-order valence-corrected chi connectivity index (χ4v) is 2.73. The number of ether oxygens (including phenoxy) is 2. The fraction of sp³-hybridized carbons (Fsp3) is 0.556. The van der Waals surface area contributed by atoms with Crippen molar-refractivity contribution in [3.8, 4) is 5.75 Å². The zero-order valence-electron chi connectivity index (χ0n) is 14.1. The van der Waals surface area contributed by atoms with Crippen LogP contribution in [-0.4, -0.2) is 43.6 Å². The van der Waals surface area contributed by atoms with Crippen molar-refractivity contribution in [2.24, 2.45) is 5.92 Å². The first kappa shape index (κ1) is 17.3. The van der Waals surface area contributed by atoms with Crippen LogP contribution in [0.4, 0.5) is 0 Å². The Balaban J connectivity index is 1.82. The molecule has 1 aromatic carbocycles. The molecule has 0 saturated carbocycles. The number of hydrogen-bond donors (Lipinski definition) is 0. The van der Waals surface area contributed by atoms with E-state index < -0.39 is 0 Å². The molecule has 1 aliphatic heterocycles. The maximum atomic E-state index is 12.2. The minimum Gasteiger partial charge on any atom is -0.484 e. The molecule has 0 N–H and O–H groups in total. The van der Waals surface area contributed by atoms with E-state index in [0.29, 0.717) is 37.6 Å². The van der Waals surface area contributed by atoms with Gasteiger partial charge in [0.25, 0.3) is 5.91 Å². The van der Waals surface area contributed by atoms with Crippen LogP contribution in [0.5, 0.6) is 5.75 Å². The zero-order valence-corrected chi connectivity index (χ0v) is 14.1. The van der Waals surface area contributed by atoms with Crippen LogP contribution in [0, 0.1) is 5.92 Å². The largest absolute Gasteiger partial charge is 0.484 e. The molecule has 0 bridgehead atoms. The lowest BCUT2D eigenvalue weighted by Crippen LogP contribution is -2.42. The van der Waals surface area contributed by atoms with E-state index >= 15 is 0 Å². The first-order chi connectivity index (χ1) is 11.0. The number of amides is 1. The molecule has 1 amide bonds. The Labute approximate surface area is 137 Å². The van der Waals surface area contributed by atoms with Crippen molar-refractivity contribution in [1.82, 2.24) is 4.90 Å². The molecule has 0 spiro atoms.